The summed E-state index contributed by atoms with van der Waals surface area (Å²) in [5.41, 5.74) is 9.96. The second kappa shape index (κ2) is 14.6. The van der Waals surface area contributed by atoms with E-state index in [1.165, 1.54) is 11.1 Å². The van der Waals surface area contributed by atoms with Crippen LogP contribution in [0.2, 0.25) is 0 Å². The number of aromatic nitrogens is 1. The standard InChI is InChI=1S/C38H53N4O4P/c1-5-42(31-14-18-46-19-15-31)36-23-30(29-12-10-28(11-13-29)25-41-16-20-47(4,45)21-17-41)22-34(26(36)2)37(43)39-24-35-33-9-7-6-8-32(33)27(3)40-38(35)44/h10-13,22-23,31,45,47H,5-9,14-21,24-25H2,1-4H3,(H,39,43)(H,40,44). The number of benzene rings is 2. The number of H-pyrrole nitrogens is 1. The van der Waals surface area contributed by atoms with E-state index in [1.807, 2.05) is 13.0 Å². The molecule has 3 N–H and O–H groups in total. The van der Waals surface area contributed by atoms with Gasteiger partial charge in [0.2, 0.25) is 0 Å². The number of nitrogens with zero attached hydrogens (tertiary/aromatic N) is 2. The van der Waals surface area contributed by atoms with Gasteiger partial charge in [0.1, 0.15) is 0 Å². The number of amides is 1. The Kier molecular flexibility index (Phi) is 10.5. The number of ether oxygens (including phenoxy) is 1. The van der Waals surface area contributed by atoms with Gasteiger partial charge in [0.15, 0.2) is 0 Å². The van der Waals surface area contributed by atoms with Crippen molar-refractivity contribution < 1.29 is 14.4 Å². The number of aryl methyl sites for hydroxylation is 1. The molecule has 8 nitrogen and oxygen atoms in total. The summed E-state index contributed by atoms with van der Waals surface area (Å²) in [6.07, 6.45) is 7.85. The third-order valence-electron chi connectivity index (χ3n) is 10.8. The molecule has 2 aromatic carbocycles. The number of aromatic amines is 1. The van der Waals surface area contributed by atoms with Crippen LogP contribution in [0.1, 0.15) is 76.5 Å². The van der Waals surface area contributed by atoms with Gasteiger partial charge in [0.25, 0.3) is 5.56 Å². The molecule has 2 saturated heterocycles. The maximum atomic E-state index is 14.0. The molecule has 1 aromatic heterocycles. The molecule has 1 amide bonds. The fourth-order valence-corrected chi connectivity index (χ4v) is 9.68. The summed E-state index contributed by atoms with van der Waals surface area (Å²) in [4.78, 5) is 45.5. The summed E-state index contributed by atoms with van der Waals surface area (Å²) in [6, 6.07) is 13.4. The second-order valence-corrected chi connectivity index (χ2v) is 18.2. The number of carbonyl (C=O) groups is 1. The van der Waals surface area contributed by atoms with Crippen LogP contribution >= 0.6 is 7.49 Å². The Morgan fingerprint density at radius 3 is 2.40 bits per heavy atom. The molecule has 9 heteroatoms. The van der Waals surface area contributed by atoms with E-state index in [0.717, 1.165) is 124 Å². The Bertz CT molecular complexity index is 1630. The fourth-order valence-electron chi connectivity index (χ4n) is 7.84. The van der Waals surface area contributed by atoms with Crippen LogP contribution in [0, 0.1) is 13.8 Å². The van der Waals surface area contributed by atoms with Gasteiger partial charge in [-0.1, -0.05) is 0 Å². The van der Waals surface area contributed by atoms with Crippen molar-refractivity contribution in [3.05, 3.63) is 85.8 Å². The first kappa shape index (κ1) is 33.9. The molecule has 6 rings (SSSR count). The predicted molar refractivity (Wildman–Crippen MR) is 195 cm³/mol. The molecule has 0 atom stereocenters. The number of hydrogen-bond acceptors (Lipinski definition) is 6. The van der Waals surface area contributed by atoms with Crippen molar-refractivity contribution in [2.75, 3.05) is 56.7 Å². The molecule has 47 heavy (non-hydrogen) atoms. The molecule has 0 unspecified atom stereocenters. The van der Waals surface area contributed by atoms with E-state index in [-0.39, 0.29) is 18.0 Å². The number of nitrogens with one attached hydrogen (secondary N) is 2. The van der Waals surface area contributed by atoms with Crippen LogP contribution in [0.25, 0.3) is 11.1 Å². The average Bonchev–Trinajstić information content (AvgIpc) is 3.07. The molecule has 3 aromatic rings. The minimum atomic E-state index is -1.99. The molecule has 0 saturated carbocycles. The Balaban J connectivity index is 1.29. The molecule has 3 heterocycles. The number of rotatable bonds is 9. The summed E-state index contributed by atoms with van der Waals surface area (Å²) in [6.45, 7) is 13.6. The SMILES string of the molecule is CCN(c1cc(-c2ccc(CN3CC[PH](C)(O)CC3)cc2)cc(C(=O)NCc2c3c(c(C)[nH]c2=O)CCCC3)c1C)C1CCOCC1. The van der Waals surface area contributed by atoms with Gasteiger partial charge in [-0.05, 0) is 70.4 Å². The van der Waals surface area contributed by atoms with E-state index >= 15 is 0 Å². The van der Waals surface area contributed by atoms with Crippen LogP contribution in [0.4, 0.5) is 5.69 Å². The number of anilines is 1. The summed E-state index contributed by atoms with van der Waals surface area (Å²) in [7, 11) is -1.99. The van der Waals surface area contributed by atoms with Crippen LogP contribution < -0.4 is 15.8 Å². The van der Waals surface area contributed by atoms with Crippen molar-refractivity contribution in [2.45, 2.75) is 78.4 Å². The zero-order valence-corrected chi connectivity index (χ0v) is 29.7. The van der Waals surface area contributed by atoms with Gasteiger partial charge >= 0.3 is 137 Å². The minimum absolute atomic E-state index is 0.0941. The van der Waals surface area contributed by atoms with E-state index in [9.17, 15) is 14.5 Å². The summed E-state index contributed by atoms with van der Waals surface area (Å²) < 4.78 is 5.69. The molecular weight excluding hydrogens is 607 g/mol. The Hall–Kier alpha value is -3.03. The van der Waals surface area contributed by atoms with Gasteiger partial charge in [-0.3, -0.25) is 9.59 Å². The second-order valence-electron chi connectivity index (χ2n) is 14.2. The first-order chi connectivity index (χ1) is 22.6. The van der Waals surface area contributed by atoms with Gasteiger partial charge in [0.05, 0.1) is 0 Å². The monoisotopic (exact) mass is 660 g/mol. The molecule has 0 spiro atoms. The van der Waals surface area contributed by atoms with Gasteiger partial charge in [-0.2, -0.15) is 0 Å². The minimum Gasteiger partial charge on any atom is -0.381 e. The molecule has 254 valence electrons. The van der Waals surface area contributed by atoms with Crippen LogP contribution in [0.15, 0.2) is 41.2 Å². The van der Waals surface area contributed by atoms with Crippen molar-refractivity contribution >= 4 is 19.1 Å². The van der Waals surface area contributed by atoms with Crippen LogP contribution in [-0.2, 0) is 30.7 Å². The van der Waals surface area contributed by atoms with E-state index in [0.29, 0.717) is 17.2 Å². The third-order valence-corrected chi connectivity index (χ3v) is 13.4. The zero-order chi connectivity index (χ0) is 33.1. The summed E-state index contributed by atoms with van der Waals surface area (Å²) in [5, 5.41) is 3.15. The van der Waals surface area contributed by atoms with Gasteiger partial charge < -0.3 is 15.0 Å². The Morgan fingerprint density at radius 1 is 1.04 bits per heavy atom. The first-order valence-corrected chi connectivity index (χ1v) is 20.5. The quantitative estimate of drug-likeness (QED) is 0.260. The van der Waals surface area contributed by atoms with Crippen molar-refractivity contribution in [3.8, 4) is 11.1 Å². The smallest absolute Gasteiger partial charge is 0.381 e. The van der Waals surface area contributed by atoms with Gasteiger partial charge in [-0.15, -0.1) is 0 Å². The Morgan fingerprint density at radius 2 is 1.72 bits per heavy atom. The third kappa shape index (κ3) is 7.67. The topological polar surface area (TPSA) is 97.9 Å². The van der Waals surface area contributed by atoms with Gasteiger partial charge in [0, 0.05) is 43.6 Å². The van der Waals surface area contributed by atoms with Crippen LogP contribution in [0.5, 0.6) is 0 Å². The molecule has 1 aliphatic carbocycles. The van der Waals surface area contributed by atoms with Crippen LogP contribution in [-0.4, -0.2) is 78.6 Å². The normalized spacial score (nSPS) is 19.2. The van der Waals surface area contributed by atoms with Crippen molar-refractivity contribution in [1.29, 1.82) is 0 Å². The Labute approximate surface area is 280 Å². The van der Waals surface area contributed by atoms with Crippen molar-refractivity contribution in [2.24, 2.45) is 0 Å². The van der Waals surface area contributed by atoms with Crippen LogP contribution in [0.3, 0.4) is 0 Å². The fraction of sp³-hybridized carbons (Fsp3) is 0.526. The zero-order valence-electron chi connectivity index (χ0n) is 28.7. The number of pyridine rings is 1. The van der Waals surface area contributed by atoms with E-state index in [4.69, 9.17) is 4.74 Å². The van der Waals surface area contributed by atoms with Crippen molar-refractivity contribution in [3.63, 3.8) is 0 Å². The molecular formula is C38H53N4O4P. The molecule has 2 fully saturated rings. The first-order valence-electron chi connectivity index (χ1n) is 17.7. The molecule has 3 aliphatic rings. The van der Waals surface area contributed by atoms with E-state index in [2.05, 4.69) is 70.9 Å². The number of fused-ring (bicyclic) bond motifs is 1. The number of hydrogen-bond donors (Lipinski definition) is 3. The predicted octanol–water partition coefficient (Wildman–Crippen LogP) is 5.58. The molecule has 2 aliphatic heterocycles. The summed E-state index contributed by atoms with van der Waals surface area (Å²) >= 11 is 0. The maximum absolute atomic E-state index is 14.0. The number of carbonyl (C=O) groups excluding carboxylic acids is 1. The summed E-state index contributed by atoms with van der Waals surface area (Å²) in [5.74, 6) is -0.153. The molecule has 0 bridgehead atoms. The molecule has 0 radical (unpaired) electrons. The average molecular weight is 661 g/mol. The van der Waals surface area contributed by atoms with E-state index in [1.54, 1.807) is 0 Å². The van der Waals surface area contributed by atoms with Gasteiger partial charge in [-0.25, -0.2) is 0 Å². The van der Waals surface area contributed by atoms with Crippen molar-refractivity contribution in [1.82, 2.24) is 15.2 Å². The van der Waals surface area contributed by atoms with E-state index < -0.39 is 7.49 Å².